The number of carbonyl (C=O) groups is 1. The smallest absolute Gasteiger partial charge is 0.274 e. The molecule has 7 heteroatoms. The van der Waals surface area contributed by atoms with Gasteiger partial charge >= 0.3 is 0 Å². The van der Waals surface area contributed by atoms with Crippen molar-refractivity contribution in [3.8, 4) is 0 Å². The zero-order chi connectivity index (χ0) is 18.3. The lowest BCUT2D eigenvalue weighted by Crippen LogP contribution is -2.40. The predicted octanol–water partition coefficient (Wildman–Crippen LogP) is 2.01. The number of likely N-dealkylation sites (tertiary alicyclic amines) is 1. The molecule has 1 N–H and O–H groups in total. The maximum Gasteiger partial charge on any atom is 0.274 e. The molecular formula is C19H25N5O2. The number of hydrogen-bond donors (Lipinski definition) is 1. The van der Waals surface area contributed by atoms with Gasteiger partial charge in [0.1, 0.15) is 5.69 Å². The van der Waals surface area contributed by atoms with Crippen LogP contribution in [0.4, 0.5) is 0 Å². The highest BCUT2D eigenvalue weighted by Crippen LogP contribution is 2.39. The normalized spacial score (nSPS) is 18.3. The second-order valence-electron chi connectivity index (χ2n) is 7.63. The number of piperidine rings is 1. The van der Waals surface area contributed by atoms with Crippen LogP contribution in [0.5, 0.6) is 0 Å². The maximum absolute atomic E-state index is 12.6. The lowest BCUT2D eigenvalue weighted by atomic mass is 9.96. The van der Waals surface area contributed by atoms with E-state index >= 15 is 0 Å². The van der Waals surface area contributed by atoms with Crippen LogP contribution < -0.4 is 5.56 Å². The first kappa shape index (κ1) is 17.0. The third kappa shape index (κ3) is 3.30. The summed E-state index contributed by atoms with van der Waals surface area (Å²) in [4.78, 5) is 31.1. The molecule has 26 heavy (non-hydrogen) atoms. The van der Waals surface area contributed by atoms with Gasteiger partial charge in [-0.15, -0.1) is 0 Å². The number of rotatable bonds is 4. The van der Waals surface area contributed by atoms with Crippen LogP contribution in [0.25, 0.3) is 0 Å². The van der Waals surface area contributed by atoms with Crippen molar-refractivity contribution in [1.82, 2.24) is 24.6 Å². The largest absolute Gasteiger partial charge is 0.337 e. The highest BCUT2D eigenvalue weighted by atomic mass is 16.2. The van der Waals surface area contributed by atoms with Gasteiger partial charge in [0.25, 0.3) is 11.5 Å². The zero-order valence-electron chi connectivity index (χ0n) is 15.4. The second kappa shape index (κ2) is 6.70. The van der Waals surface area contributed by atoms with Crippen molar-refractivity contribution in [3.63, 3.8) is 0 Å². The first-order chi connectivity index (χ1) is 12.5. The van der Waals surface area contributed by atoms with Crippen LogP contribution in [0, 0.1) is 19.8 Å². The molecule has 2 aliphatic rings. The van der Waals surface area contributed by atoms with Crippen molar-refractivity contribution >= 4 is 5.91 Å². The standard InChI is InChI=1S/C19H25N5O2/c1-12-13(2)20-11-24(18(12)25)10-14-5-7-23(8-6-14)19(26)17-9-16(21-22-17)15-3-4-15/h9,11,14-15H,3-8,10H2,1-2H3,(H,21,22). The van der Waals surface area contributed by atoms with E-state index in [-0.39, 0.29) is 11.5 Å². The fourth-order valence-electron chi connectivity index (χ4n) is 3.61. The van der Waals surface area contributed by atoms with Crippen molar-refractivity contribution in [3.05, 3.63) is 45.4 Å². The molecule has 0 radical (unpaired) electrons. The Labute approximate surface area is 152 Å². The minimum absolute atomic E-state index is 0.0108. The van der Waals surface area contributed by atoms with Gasteiger partial charge in [0.05, 0.1) is 6.33 Å². The third-order valence-electron chi connectivity index (χ3n) is 5.71. The Balaban J connectivity index is 1.35. The number of H-pyrrole nitrogens is 1. The van der Waals surface area contributed by atoms with Crippen LogP contribution >= 0.6 is 0 Å². The van der Waals surface area contributed by atoms with Crippen LogP contribution in [-0.2, 0) is 6.54 Å². The lowest BCUT2D eigenvalue weighted by Gasteiger charge is -2.31. The fourth-order valence-corrected chi connectivity index (χ4v) is 3.61. The van der Waals surface area contributed by atoms with E-state index in [0.717, 1.165) is 24.2 Å². The van der Waals surface area contributed by atoms with Crippen molar-refractivity contribution < 1.29 is 4.79 Å². The molecule has 2 fully saturated rings. The molecule has 2 aromatic heterocycles. The summed E-state index contributed by atoms with van der Waals surface area (Å²) in [5.41, 5.74) is 3.16. The number of hydrogen-bond acceptors (Lipinski definition) is 4. The molecule has 7 nitrogen and oxygen atoms in total. The topological polar surface area (TPSA) is 83.9 Å². The van der Waals surface area contributed by atoms with E-state index in [0.29, 0.717) is 42.7 Å². The summed E-state index contributed by atoms with van der Waals surface area (Å²) in [7, 11) is 0. The van der Waals surface area contributed by atoms with Gasteiger partial charge in [0.2, 0.25) is 0 Å². The summed E-state index contributed by atoms with van der Waals surface area (Å²) in [6.07, 6.45) is 5.81. The van der Waals surface area contributed by atoms with Crippen molar-refractivity contribution in [2.75, 3.05) is 13.1 Å². The summed E-state index contributed by atoms with van der Waals surface area (Å²) in [6, 6.07) is 1.91. The van der Waals surface area contributed by atoms with Crippen LogP contribution in [0.15, 0.2) is 17.2 Å². The molecule has 0 spiro atoms. The minimum Gasteiger partial charge on any atom is -0.337 e. The molecule has 1 aliphatic heterocycles. The zero-order valence-corrected chi connectivity index (χ0v) is 15.4. The number of amides is 1. The van der Waals surface area contributed by atoms with E-state index in [1.807, 2.05) is 24.8 Å². The number of aromatic amines is 1. The average Bonchev–Trinajstić information content (AvgIpc) is 3.39. The van der Waals surface area contributed by atoms with Gasteiger partial charge in [-0.1, -0.05) is 0 Å². The van der Waals surface area contributed by atoms with Gasteiger partial charge in [-0.05, 0) is 51.5 Å². The molecule has 2 aromatic rings. The number of nitrogens with one attached hydrogen (secondary N) is 1. The predicted molar refractivity (Wildman–Crippen MR) is 97.2 cm³/mol. The van der Waals surface area contributed by atoms with Crippen LogP contribution in [-0.4, -0.2) is 43.6 Å². The van der Waals surface area contributed by atoms with Crippen molar-refractivity contribution in [2.45, 2.75) is 52.0 Å². The lowest BCUT2D eigenvalue weighted by molar-refractivity contribution is 0.0676. The average molecular weight is 355 g/mol. The number of aromatic nitrogens is 4. The van der Waals surface area contributed by atoms with E-state index < -0.39 is 0 Å². The van der Waals surface area contributed by atoms with Crippen LogP contribution in [0.3, 0.4) is 0 Å². The van der Waals surface area contributed by atoms with Gasteiger partial charge in [-0.25, -0.2) is 4.98 Å². The minimum atomic E-state index is 0.0108. The molecule has 0 bridgehead atoms. The van der Waals surface area contributed by atoms with E-state index in [1.54, 1.807) is 10.9 Å². The molecule has 0 atom stereocenters. The Morgan fingerprint density at radius 3 is 2.65 bits per heavy atom. The number of nitrogens with zero attached hydrogens (tertiary/aromatic N) is 4. The molecule has 1 saturated carbocycles. The van der Waals surface area contributed by atoms with Gasteiger partial charge in [0.15, 0.2) is 0 Å². The number of carbonyl (C=O) groups excluding carboxylic acids is 1. The molecule has 0 unspecified atom stereocenters. The van der Waals surface area contributed by atoms with Crippen molar-refractivity contribution in [2.24, 2.45) is 5.92 Å². The quantitative estimate of drug-likeness (QED) is 0.909. The first-order valence-electron chi connectivity index (χ1n) is 9.40. The molecule has 1 saturated heterocycles. The van der Waals surface area contributed by atoms with E-state index in [1.165, 1.54) is 12.8 Å². The number of aryl methyl sites for hydroxylation is 1. The Hall–Kier alpha value is -2.44. The fraction of sp³-hybridized carbons (Fsp3) is 0.579. The van der Waals surface area contributed by atoms with E-state index in [4.69, 9.17) is 0 Å². The molecule has 1 amide bonds. The Kier molecular flexibility index (Phi) is 4.38. The van der Waals surface area contributed by atoms with Crippen LogP contribution in [0.2, 0.25) is 0 Å². The summed E-state index contributed by atoms with van der Waals surface area (Å²) in [6.45, 7) is 5.77. The summed E-state index contributed by atoms with van der Waals surface area (Å²) in [5, 5.41) is 7.20. The Morgan fingerprint density at radius 2 is 1.96 bits per heavy atom. The summed E-state index contributed by atoms with van der Waals surface area (Å²) >= 11 is 0. The monoisotopic (exact) mass is 355 g/mol. The third-order valence-corrected chi connectivity index (χ3v) is 5.71. The van der Waals surface area contributed by atoms with E-state index in [9.17, 15) is 9.59 Å². The maximum atomic E-state index is 12.6. The Morgan fingerprint density at radius 1 is 1.23 bits per heavy atom. The van der Waals surface area contributed by atoms with Crippen molar-refractivity contribution in [1.29, 1.82) is 0 Å². The molecule has 138 valence electrons. The summed E-state index contributed by atoms with van der Waals surface area (Å²) in [5.74, 6) is 0.971. The molecule has 1 aliphatic carbocycles. The Bertz CT molecular complexity index is 872. The highest BCUT2D eigenvalue weighted by Gasteiger charge is 2.29. The van der Waals surface area contributed by atoms with Gasteiger partial charge in [0, 0.05) is 42.5 Å². The van der Waals surface area contributed by atoms with E-state index in [2.05, 4.69) is 15.2 Å². The van der Waals surface area contributed by atoms with Crippen LogP contribution in [0.1, 0.15) is 59.0 Å². The first-order valence-corrected chi connectivity index (χ1v) is 9.40. The molecule has 3 heterocycles. The highest BCUT2D eigenvalue weighted by molar-refractivity contribution is 5.92. The molecular weight excluding hydrogens is 330 g/mol. The van der Waals surface area contributed by atoms with Gasteiger partial charge in [-0.3, -0.25) is 19.3 Å². The summed E-state index contributed by atoms with van der Waals surface area (Å²) < 4.78 is 1.71. The second-order valence-corrected chi connectivity index (χ2v) is 7.63. The van der Waals surface area contributed by atoms with Gasteiger partial charge < -0.3 is 4.90 Å². The molecule has 0 aromatic carbocycles. The van der Waals surface area contributed by atoms with Gasteiger partial charge in [-0.2, -0.15) is 5.10 Å². The SMILES string of the molecule is Cc1ncn(CC2CCN(C(=O)c3cc(C4CC4)[nH]n3)CC2)c(=O)c1C. The molecule has 4 rings (SSSR count).